The second-order valence-electron chi connectivity index (χ2n) is 5.39. The van der Waals surface area contributed by atoms with Crippen molar-refractivity contribution in [3.8, 4) is 0 Å². The van der Waals surface area contributed by atoms with Gasteiger partial charge >= 0.3 is 0 Å². The van der Waals surface area contributed by atoms with E-state index in [-0.39, 0.29) is 22.2 Å². The minimum atomic E-state index is -3.62. The van der Waals surface area contributed by atoms with E-state index < -0.39 is 21.7 Å². The average molecular weight is 350 g/mol. The first-order valence-corrected chi connectivity index (χ1v) is 9.00. The van der Waals surface area contributed by atoms with E-state index in [1.807, 2.05) is 6.92 Å². The number of benzene rings is 2. The third kappa shape index (κ3) is 4.39. The van der Waals surface area contributed by atoms with E-state index in [1.54, 1.807) is 13.0 Å². The third-order valence-corrected chi connectivity index (χ3v) is 5.12. The molecule has 5 nitrogen and oxygen atoms in total. The van der Waals surface area contributed by atoms with Gasteiger partial charge in [0.2, 0.25) is 10.0 Å². The lowest BCUT2D eigenvalue weighted by Gasteiger charge is -2.12. The summed E-state index contributed by atoms with van der Waals surface area (Å²) in [5.74, 6) is -1.05. The number of amides is 1. The highest BCUT2D eigenvalue weighted by molar-refractivity contribution is 7.89. The number of carbonyl (C=O) groups is 1. The van der Waals surface area contributed by atoms with Crippen LogP contribution in [-0.2, 0) is 10.0 Å². The Morgan fingerprint density at radius 1 is 1.12 bits per heavy atom. The summed E-state index contributed by atoms with van der Waals surface area (Å²) in [6, 6.07) is 11.1. The summed E-state index contributed by atoms with van der Waals surface area (Å²) in [6.07, 6.45) is 0.669. The lowest BCUT2D eigenvalue weighted by atomic mass is 10.2. The molecule has 2 rings (SSSR count). The molecule has 128 valence electrons. The first-order valence-electron chi connectivity index (χ1n) is 7.51. The Morgan fingerprint density at radius 3 is 2.33 bits per heavy atom. The fraction of sp³-hybridized carbons (Fsp3) is 0.235. The first kappa shape index (κ1) is 18.1. The normalized spacial score (nSPS) is 12.6. The fourth-order valence-electron chi connectivity index (χ4n) is 1.96. The van der Waals surface area contributed by atoms with Gasteiger partial charge in [-0.25, -0.2) is 17.5 Å². The SMILES string of the molecule is CC[C@@H](C)NS(=O)(=O)c1ccc(C(=O)Nc2ccccc2F)cc1. The number of rotatable bonds is 6. The maximum Gasteiger partial charge on any atom is 0.255 e. The van der Waals surface area contributed by atoms with Crippen LogP contribution in [0, 0.1) is 5.82 Å². The van der Waals surface area contributed by atoms with E-state index in [9.17, 15) is 17.6 Å². The van der Waals surface area contributed by atoms with Crippen molar-refractivity contribution in [1.82, 2.24) is 4.72 Å². The highest BCUT2D eigenvalue weighted by atomic mass is 32.2. The van der Waals surface area contributed by atoms with E-state index in [2.05, 4.69) is 10.0 Å². The summed E-state index contributed by atoms with van der Waals surface area (Å²) in [4.78, 5) is 12.2. The van der Waals surface area contributed by atoms with Crippen LogP contribution in [0.4, 0.5) is 10.1 Å². The molecule has 1 amide bonds. The van der Waals surface area contributed by atoms with Crippen molar-refractivity contribution in [1.29, 1.82) is 0 Å². The zero-order valence-corrected chi connectivity index (χ0v) is 14.2. The van der Waals surface area contributed by atoms with Gasteiger partial charge in [0.1, 0.15) is 5.82 Å². The fourth-order valence-corrected chi connectivity index (χ4v) is 3.29. The Labute approximate surface area is 141 Å². The summed E-state index contributed by atoms with van der Waals surface area (Å²) in [5.41, 5.74) is 0.304. The Balaban J connectivity index is 2.14. The summed E-state index contributed by atoms with van der Waals surface area (Å²) in [7, 11) is -3.62. The van der Waals surface area contributed by atoms with Crippen molar-refractivity contribution in [2.75, 3.05) is 5.32 Å². The lowest BCUT2D eigenvalue weighted by Crippen LogP contribution is -2.32. The van der Waals surface area contributed by atoms with Crippen molar-refractivity contribution >= 4 is 21.6 Å². The molecule has 0 saturated heterocycles. The van der Waals surface area contributed by atoms with Crippen LogP contribution in [0.5, 0.6) is 0 Å². The van der Waals surface area contributed by atoms with Gasteiger partial charge in [-0.05, 0) is 49.7 Å². The molecule has 0 bridgehead atoms. The van der Waals surface area contributed by atoms with Crippen molar-refractivity contribution in [2.24, 2.45) is 0 Å². The Morgan fingerprint density at radius 2 is 1.75 bits per heavy atom. The van der Waals surface area contributed by atoms with Crippen LogP contribution in [0.15, 0.2) is 53.4 Å². The number of hydrogen-bond donors (Lipinski definition) is 2. The van der Waals surface area contributed by atoms with Gasteiger partial charge in [-0.15, -0.1) is 0 Å². The van der Waals surface area contributed by atoms with Crippen molar-refractivity contribution < 1.29 is 17.6 Å². The Kier molecular flexibility index (Phi) is 5.69. The maximum absolute atomic E-state index is 13.5. The molecule has 0 aliphatic rings. The molecule has 2 aromatic carbocycles. The van der Waals surface area contributed by atoms with Gasteiger partial charge in [0.15, 0.2) is 0 Å². The number of halogens is 1. The predicted octanol–water partition coefficient (Wildman–Crippen LogP) is 3.15. The predicted molar refractivity (Wildman–Crippen MR) is 90.9 cm³/mol. The zero-order valence-electron chi connectivity index (χ0n) is 13.4. The van der Waals surface area contributed by atoms with Gasteiger partial charge in [0.25, 0.3) is 5.91 Å². The maximum atomic E-state index is 13.5. The molecule has 2 aromatic rings. The number of anilines is 1. The van der Waals surface area contributed by atoms with Crippen LogP contribution < -0.4 is 10.0 Å². The molecule has 0 aliphatic heterocycles. The van der Waals surface area contributed by atoms with Gasteiger partial charge in [0, 0.05) is 11.6 Å². The van der Waals surface area contributed by atoms with E-state index in [0.29, 0.717) is 6.42 Å². The van der Waals surface area contributed by atoms with E-state index >= 15 is 0 Å². The summed E-state index contributed by atoms with van der Waals surface area (Å²) in [6.45, 7) is 3.65. The summed E-state index contributed by atoms with van der Waals surface area (Å²) >= 11 is 0. The number of hydrogen-bond acceptors (Lipinski definition) is 3. The molecule has 0 saturated carbocycles. The van der Waals surface area contributed by atoms with Crippen LogP contribution in [0.25, 0.3) is 0 Å². The highest BCUT2D eigenvalue weighted by Gasteiger charge is 2.17. The van der Waals surface area contributed by atoms with Gasteiger partial charge in [-0.1, -0.05) is 19.1 Å². The van der Waals surface area contributed by atoms with E-state index in [1.165, 1.54) is 42.5 Å². The number of sulfonamides is 1. The molecule has 0 unspecified atom stereocenters. The average Bonchev–Trinajstić information content (AvgIpc) is 2.56. The third-order valence-electron chi connectivity index (χ3n) is 3.52. The second kappa shape index (κ2) is 7.55. The minimum absolute atomic E-state index is 0.0673. The molecule has 2 N–H and O–H groups in total. The molecule has 0 fully saturated rings. The van der Waals surface area contributed by atoms with Crippen LogP contribution in [-0.4, -0.2) is 20.4 Å². The van der Waals surface area contributed by atoms with Crippen LogP contribution in [0.2, 0.25) is 0 Å². The van der Waals surface area contributed by atoms with Crippen LogP contribution in [0.3, 0.4) is 0 Å². The molecule has 24 heavy (non-hydrogen) atoms. The lowest BCUT2D eigenvalue weighted by molar-refractivity contribution is 0.102. The monoisotopic (exact) mass is 350 g/mol. The topological polar surface area (TPSA) is 75.3 Å². The quantitative estimate of drug-likeness (QED) is 0.840. The highest BCUT2D eigenvalue weighted by Crippen LogP contribution is 2.16. The molecular weight excluding hydrogens is 331 g/mol. The van der Waals surface area contributed by atoms with Gasteiger partial charge < -0.3 is 5.32 Å². The molecule has 1 atom stereocenters. The second-order valence-corrected chi connectivity index (χ2v) is 7.10. The summed E-state index contributed by atoms with van der Waals surface area (Å²) in [5, 5.41) is 2.45. The molecule has 0 radical (unpaired) electrons. The number of para-hydroxylation sites is 1. The van der Waals surface area contributed by atoms with Crippen molar-refractivity contribution in [3.05, 3.63) is 59.9 Å². The van der Waals surface area contributed by atoms with Gasteiger partial charge in [-0.2, -0.15) is 0 Å². The van der Waals surface area contributed by atoms with Crippen molar-refractivity contribution in [2.45, 2.75) is 31.2 Å². The molecular formula is C17H19FN2O3S. The Bertz CT molecular complexity index is 820. The van der Waals surface area contributed by atoms with Crippen LogP contribution >= 0.6 is 0 Å². The minimum Gasteiger partial charge on any atom is -0.319 e. The molecule has 0 heterocycles. The Hall–Kier alpha value is -2.25. The number of carbonyl (C=O) groups excluding carboxylic acids is 1. The van der Waals surface area contributed by atoms with Crippen LogP contribution in [0.1, 0.15) is 30.6 Å². The molecule has 0 aromatic heterocycles. The largest absolute Gasteiger partial charge is 0.319 e. The van der Waals surface area contributed by atoms with E-state index in [0.717, 1.165) is 0 Å². The smallest absolute Gasteiger partial charge is 0.255 e. The molecule has 7 heteroatoms. The molecule has 0 spiro atoms. The van der Waals surface area contributed by atoms with Crippen molar-refractivity contribution in [3.63, 3.8) is 0 Å². The zero-order chi connectivity index (χ0) is 17.7. The summed E-state index contributed by atoms with van der Waals surface area (Å²) < 4.78 is 40.4. The van der Waals surface area contributed by atoms with E-state index in [4.69, 9.17) is 0 Å². The van der Waals surface area contributed by atoms with Gasteiger partial charge in [-0.3, -0.25) is 4.79 Å². The standard InChI is InChI=1S/C17H19FN2O3S/c1-3-12(2)20-24(22,23)14-10-8-13(9-11-14)17(21)19-16-7-5-4-6-15(16)18/h4-12,20H,3H2,1-2H3,(H,19,21)/t12-/m1/s1. The van der Waals surface area contributed by atoms with Gasteiger partial charge in [0.05, 0.1) is 10.6 Å². The first-order chi connectivity index (χ1) is 11.3. The molecule has 0 aliphatic carbocycles. The number of nitrogens with one attached hydrogen (secondary N) is 2.